The van der Waals surface area contributed by atoms with Gasteiger partial charge in [-0.3, -0.25) is 19.5 Å². The second-order valence-electron chi connectivity index (χ2n) is 3.93. The highest BCUT2D eigenvalue weighted by Gasteiger charge is 2.14. The number of aromatic nitrogens is 1. The average molecular weight is 266 g/mol. The Morgan fingerprint density at radius 1 is 1.47 bits per heavy atom. The van der Waals surface area contributed by atoms with Gasteiger partial charge in [-0.25, -0.2) is 4.79 Å². The summed E-state index contributed by atoms with van der Waals surface area (Å²) in [7, 11) is 0. The number of fused-ring (bicyclic) bond motifs is 1. The van der Waals surface area contributed by atoms with Gasteiger partial charge < -0.3 is 9.52 Å². The first-order chi connectivity index (χ1) is 8.99. The Balaban J connectivity index is 2.38. The summed E-state index contributed by atoms with van der Waals surface area (Å²) in [4.78, 5) is 32.1. The van der Waals surface area contributed by atoms with Crippen LogP contribution in [0.3, 0.4) is 0 Å². The van der Waals surface area contributed by atoms with Crippen molar-refractivity contribution in [3.05, 3.63) is 38.9 Å². The monoisotopic (exact) mass is 266 g/mol. The Labute approximate surface area is 106 Å². The van der Waals surface area contributed by atoms with Gasteiger partial charge in [-0.15, -0.1) is 0 Å². The zero-order chi connectivity index (χ0) is 14.0. The summed E-state index contributed by atoms with van der Waals surface area (Å²) in [5.41, 5.74) is 0.385. The molecule has 0 bridgehead atoms. The lowest BCUT2D eigenvalue weighted by atomic mass is 10.2. The van der Waals surface area contributed by atoms with E-state index in [9.17, 15) is 19.7 Å². The minimum Gasteiger partial charge on any atom is -0.481 e. The Bertz CT molecular complexity index is 699. The van der Waals surface area contributed by atoms with E-state index in [0.717, 1.165) is 0 Å². The third-order valence-corrected chi connectivity index (χ3v) is 2.63. The molecule has 1 aromatic heterocycles. The predicted octanol–water partition coefficient (Wildman–Crippen LogP) is 1.37. The van der Waals surface area contributed by atoms with E-state index in [0.29, 0.717) is 5.52 Å². The lowest BCUT2D eigenvalue weighted by Gasteiger charge is -2.00. The van der Waals surface area contributed by atoms with Gasteiger partial charge in [-0.1, -0.05) is 0 Å². The number of hydrogen-bond acceptors (Lipinski definition) is 5. The van der Waals surface area contributed by atoms with Gasteiger partial charge >= 0.3 is 11.7 Å². The quantitative estimate of drug-likeness (QED) is 0.645. The molecule has 2 rings (SSSR count). The number of carbonyl (C=O) groups is 1. The van der Waals surface area contributed by atoms with E-state index >= 15 is 0 Å². The first kappa shape index (κ1) is 12.8. The van der Waals surface area contributed by atoms with E-state index in [1.165, 1.54) is 22.8 Å². The fourth-order valence-electron chi connectivity index (χ4n) is 1.76. The molecule has 0 atom stereocenters. The first-order valence-corrected chi connectivity index (χ1v) is 5.48. The second kappa shape index (κ2) is 4.92. The van der Waals surface area contributed by atoms with Crippen LogP contribution in [0.2, 0.25) is 0 Å². The minimum absolute atomic E-state index is 0.0892. The third kappa shape index (κ3) is 2.62. The molecule has 0 spiro atoms. The van der Waals surface area contributed by atoms with E-state index in [2.05, 4.69) is 0 Å². The molecule has 100 valence electrons. The van der Waals surface area contributed by atoms with Gasteiger partial charge in [0.25, 0.3) is 5.69 Å². The van der Waals surface area contributed by atoms with Gasteiger partial charge in [0.1, 0.15) is 0 Å². The van der Waals surface area contributed by atoms with Crippen LogP contribution >= 0.6 is 0 Å². The Morgan fingerprint density at radius 3 is 2.84 bits per heavy atom. The molecule has 0 fully saturated rings. The number of aliphatic carboxylic acids is 1. The molecule has 1 N–H and O–H groups in total. The first-order valence-electron chi connectivity index (χ1n) is 5.48. The summed E-state index contributed by atoms with van der Waals surface area (Å²) in [5.74, 6) is -1.62. The van der Waals surface area contributed by atoms with Crippen molar-refractivity contribution < 1.29 is 19.2 Å². The lowest BCUT2D eigenvalue weighted by molar-refractivity contribution is -0.384. The highest BCUT2D eigenvalue weighted by Crippen LogP contribution is 2.20. The second-order valence-corrected chi connectivity index (χ2v) is 3.93. The van der Waals surface area contributed by atoms with E-state index in [1.807, 2.05) is 0 Å². The standard InChI is InChI=1S/C11H10N2O6/c14-10(15)2-1-5-12-8-6-7(13(17)18)3-4-9(8)19-11(12)16/h3-4,6H,1-2,5H2,(H,14,15). The van der Waals surface area contributed by atoms with Crippen molar-refractivity contribution in [3.63, 3.8) is 0 Å². The smallest absolute Gasteiger partial charge is 0.419 e. The molecule has 0 saturated heterocycles. The van der Waals surface area contributed by atoms with Gasteiger partial charge in [-0.2, -0.15) is 0 Å². The number of oxazole rings is 1. The highest BCUT2D eigenvalue weighted by atomic mass is 16.6. The molecule has 0 radical (unpaired) electrons. The number of carboxylic acids is 1. The molecule has 8 nitrogen and oxygen atoms in total. The van der Waals surface area contributed by atoms with Crippen molar-refractivity contribution in [2.75, 3.05) is 0 Å². The van der Waals surface area contributed by atoms with Crippen molar-refractivity contribution in [1.29, 1.82) is 0 Å². The highest BCUT2D eigenvalue weighted by molar-refractivity contribution is 5.75. The summed E-state index contributed by atoms with van der Waals surface area (Å²) in [6.45, 7) is 0.138. The zero-order valence-electron chi connectivity index (χ0n) is 9.74. The fourth-order valence-corrected chi connectivity index (χ4v) is 1.76. The number of benzene rings is 1. The Morgan fingerprint density at radius 2 is 2.21 bits per heavy atom. The SMILES string of the molecule is O=C(O)CCCn1c(=O)oc2ccc([N+](=O)[O-])cc21. The van der Waals surface area contributed by atoms with Crippen molar-refractivity contribution >= 4 is 22.8 Å². The van der Waals surface area contributed by atoms with Crippen LogP contribution in [0, 0.1) is 10.1 Å². The summed E-state index contributed by atoms with van der Waals surface area (Å²) in [5, 5.41) is 19.2. The molecular weight excluding hydrogens is 256 g/mol. The molecule has 1 aromatic carbocycles. The zero-order valence-corrected chi connectivity index (χ0v) is 9.74. The van der Waals surface area contributed by atoms with Crippen LogP contribution < -0.4 is 5.76 Å². The lowest BCUT2D eigenvalue weighted by Crippen LogP contribution is -2.14. The van der Waals surface area contributed by atoms with Gasteiger partial charge in [0.15, 0.2) is 5.58 Å². The number of nitro benzene ring substituents is 1. The number of hydrogen-bond donors (Lipinski definition) is 1. The number of nitrogens with zero attached hydrogens (tertiary/aromatic N) is 2. The van der Waals surface area contributed by atoms with Crippen LogP contribution in [0.5, 0.6) is 0 Å². The topological polar surface area (TPSA) is 116 Å². The van der Waals surface area contributed by atoms with Gasteiger partial charge in [0.05, 0.1) is 10.4 Å². The van der Waals surface area contributed by atoms with E-state index < -0.39 is 16.6 Å². The molecule has 2 aromatic rings. The van der Waals surface area contributed by atoms with Crippen LogP contribution in [0.15, 0.2) is 27.4 Å². The predicted molar refractivity (Wildman–Crippen MR) is 64.0 cm³/mol. The molecule has 19 heavy (non-hydrogen) atoms. The summed E-state index contributed by atoms with van der Waals surface area (Å²) >= 11 is 0. The van der Waals surface area contributed by atoms with E-state index in [-0.39, 0.29) is 30.7 Å². The summed E-state index contributed by atoms with van der Waals surface area (Å²) in [6, 6.07) is 3.83. The number of nitro groups is 1. The molecule has 1 heterocycles. The van der Waals surface area contributed by atoms with Gasteiger partial charge in [0.2, 0.25) is 0 Å². The maximum atomic E-state index is 11.6. The van der Waals surface area contributed by atoms with Crippen molar-refractivity contribution in [3.8, 4) is 0 Å². The molecule has 0 saturated carbocycles. The molecule has 0 aliphatic carbocycles. The molecule has 0 aliphatic heterocycles. The third-order valence-electron chi connectivity index (χ3n) is 2.63. The molecule has 8 heteroatoms. The van der Waals surface area contributed by atoms with Crippen LogP contribution in [0.1, 0.15) is 12.8 Å². The molecule has 0 aliphatic rings. The number of rotatable bonds is 5. The summed E-state index contributed by atoms with van der Waals surface area (Å²) < 4.78 is 6.13. The van der Waals surface area contributed by atoms with E-state index in [1.54, 1.807) is 0 Å². The van der Waals surface area contributed by atoms with E-state index in [4.69, 9.17) is 9.52 Å². The fraction of sp³-hybridized carbons (Fsp3) is 0.273. The maximum Gasteiger partial charge on any atom is 0.419 e. The maximum absolute atomic E-state index is 11.6. The minimum atomic E-state index is -0.966. The van der Waals surface area contributed by atoms with Gasteiger partial charge in [-0.05, 0) is 12.5 Å². The van der Waals surface area contributed by atoms with Crippen LogP contribution in [0.4, 0.5) is 5.69 Å². The number of carboxylic acid groups (broad SMARTS) is 1. The molecular formula is C11H10N2O6. The van der Waals surface area contributed by atoms with Crippen molar-refractivity contribution in [2.45, 2.75) is 19.4 Å². The largest absolute Gasteiger partial charge is 0.481 e. The summed E-state index contributed by atoms with van der Waals surface area (Å²) in [6.07, 6.45) is 0.153. The Kier molecular flexibility index (Phi) is 3.32. The van der Waals surface area contributed by atoms with Crippen molar-refractivity contribution in [1.82, 2.24) is 4.57 Å². The number of non-ortho nitro benzene ring substituents is 1. The molecule has 0 unspecified atom stereocenters. The normalized spacial score (nSPS) is 10.7. The van der Waals surface area contributed by atoms with Crippen LogP contribution in [-0.4, -0.2) is 20.6 Å². The van der Waals surface area contributed by atoms with Gasteiger partial charge in [0, 0.05) is 25.1 Å². The number of aryl methyl sites for hydroxylation is 1. The molecule has 0 amide bonds. The van der Waals surface area contributed by atoms with Crippen LogP contribution in [-0.2, 0) is 11.3 Å². The van der Waals surface area contributed by atoms with Crippen molar-refractivity contribution in [2.24, 2.45) is 0 Å². The average Bonchev–Trinajstić information content (AvgIpc) is 2.64. The van der Waals surface area contributed by atoms with Crippen LogP contribution in [0.25, 0.3) is 11.1 Å². The Hall–Kier alpha value is -2.64.